The first kappa shape index (κ1) is 18.8. The molecule has 144 valence electrons. The fourth-order valence-electron chi connectivity index (χ4n) is 2.68. The SMILES string of the molecule is CC(C)(C)OC(=O)Cn1c(-c2cc(N)cc(O)c2)cnc(NC2CC2)c1=O. The molecule has 0 atom stereocenters. The van der Waals surface area contributed by atoms with Crippen LogP contribution in [0.5, 0.6) is 5.75 Å². The molecule has 1 aromatic carbocycles. The maximum Gasteiger partial charge on any atom is 0.326 e. The highest BCUT2D eigenvalue weighted by Crippen LogP contribution is 2.27. The van der Waals surface area contributed by atoms with Crippen molar-refractivity contribution in [2.24, 2.45) is 0 Å². The summed E-state index contributed by atoms with van der Waals surface area (Å²) in [5, 5.41) is 12.9. The van der Waals surface area contributed by atoms with Crippen molar-refractivity contribution < 1.29 is 14.6 Å². The van der Waals surface area contributed by atoms with E-state index in [0.717, 1.165) is 12.8 Å². The molecule has 0 unspecified atom stereocenters. The highest BCUT2D eigenvalue weighted by atomic mass is 16.6. The van der Waals surface area contributed by atoms with Gasteiger partial charge in [-0.05, 0) is 45.7 Å². The number of esters is 1. The molecule has 1 aromatic heterocycles. The average molecular weight is 372 g/mol. The third-order valence-corrected chi connectivity index (χ3v) is 3.92. The van der Waals surface area contributed by atoms with Crippen molar-refractivity contribution >= 4 is 17.5 Å². The normalized spacial score (nSPS) is 14.0. The number of rotatable bonds is 5. The zero-order valence-electron chi connectivity index (χ0n) is 15.7. The maximum absolute atomic E-state index is 12.9. The molecule has 1 heterocycles. The molecule has 3 rings (SSSR count). The lowest BCUT2D eigenvalue weighted by molar-refractivity contribution is -0.155. The van der Waals surface area contributed by atoms with Crippen LogP contribution in [0.1, 0.15) is 33.6 Å². The van der Waals surface area contributed by atoms with E-state index in [1.54, 1.807) is 26.8 Å². The third-order valence-electron chi connectivity index (χ3n) is 3.92. The lowest BCUT2D eigenvalue weighted by Crippen LogP contribution is -2.33. The Morgan fingerprint density at radius 2 is 2.07 bits per heavy atom. The summed E-state index contributed by atoms with van der Waals surface area (Å²) in [4.78, 5) is 29.5. The molecule has 27 heavy (non-hydrogen) atoms. The van der Waals surface area contributed by atoms with Gasteiger partial charge in [-0.15, -0.1) is 0 Å². The Hall–Kier alpha value is -3.03. The number of ether oxygens (including phenoxy) is 1. The molecule has 1 fully saturated rings. The number of aromatic hydroxyl groups is 1. The topological polar surface area (TPSA) is 119 Å². The Morgan fingerprint density at radius 3 is 2.67 bits per heavy atom. The van der Waals surface area contributed by atoms with Crippen LogP contribution >= 0.6 is 0 Å². The first-order valence-corrected chi connectivity index (χ1v) is 8.80. The first-order valence-electron chi connectivity index (χ1n) is 8.80. The summed E-state index contributed by atoms with van der Waals surface area (Å²) >= 11 is 0. The number of nitrogens with zero attached hydrogens (tertiary/aromatic N) is 2. The third kappa shape index (κ3) is 4.78. The van der Waals surface area contributed by atoms with Crippen LogP contribution in [0.4, 0.5) is 11.5 Å². The molecule has 1 saturated carbocycles. The molecule has 2 aromatic rings. The standard InChI is InChI=1S/C19H24N4O4/c1-19(2,3)27-16(25)10-23-15(11-6-12(20)8-14(24)7-11)9-21-17(18(23)26)22-13-4-5-13/h6-9,13,24H,4-5,10,20H2,1-3H3,(H,21,22). The van der Waals surface area contributed by atoms with Crippen molar-refractivity contribution in [3.63, 3.8) is 0 Å². The summed E-state index contributed by atoms with van der Waals surface area (Å²) in [6.45, 7) is 5.01. The van der Waals surface area contributed by atoms with E-state index in [2.05, 4.69) is 10.3 Å². The number of hydrogen-bond acceptors (Lipinski definition) is 7. The fourth-order valence-corrected chi connectivity index (χ4v) is 2.68. The monoisotopic (exact) mass is 372 g/mol. The van der Waals surface area contributed by atoms with E-state index < -0.39 is 17.1 Å². The van der Waals surface area contributed by atoms with Gasteiger partial charge >= 0.3 is 5.97 Å². The lowest BCUT2D eigenvalue weighted by atomic mass is 10.1. The molecule has 4 N–H and O–H groups in total. The second-order valence-electron chi connectivity index (χ2n) is 7.70. The van der Waals surface area contributed by atoms with Crippen LogP contribution in [-0.4, -0.2) is 32.3 Å². The van der Waals surface area contributed by atoms with Gasteiger partial charge in [0.1, 0.15) is 17.9 Å². The van der Waals surface area contributed by atoms with Crippen molar-refractivity contribution in [2.75, 3.05) is 11.1 Å². The minimum atomic E-state index is -0.668. The lowest BCUT2D eigenvalue weighted by Gasteiger charge is -2.21. The maximum atomic E-state index is 12.9. The summed E-state index contributed by atoms with van der Waals surface area (Å²) in [5.74, 6) is -0.387. The van der Waals surface area contributed by atoms with Crippen molar-refractivity contribution in [3.05, 3.63) is 34.7 Å². The van der Waals surface area contributed by atoms with Gasteiger partial charge in [0.15, 0.2) is 5.82 Å². The summed E-state index contributed by atoms with van der Waals surface area (Å²) in [7, 11) is 0. The Kier molecular flexibility index (Phi) is 4.82. The van der Waals surface area contributed by atoms with Gasteiger partial charge in [0, 0.05) is 23.4 Å². The highest BCUT2D eigenvalue weighted by Gasteiger charge is 2.25. The first-order chi connectivity index (χ1) is 12.6. The van der Waals surface area contributed by atoms with Crippen LogP contribution in [-0.2, 0) is 16.1 Å². The van der Waals surface area contributed by atoms with Gasteiger partial charge < -0.3 is 20.9 Å². The smallest absolute Gasteiger partial charge is 0.326 e. The summed E-state index contributed by atoms with van der Waals surface area (Å²) in [5.41, 5.74) is 5.90. The van der Waals surface area contributed by atoms with Crippen LogP contribution in [0.25, 0.3) is 11.3 Å². The summed E-state index contributed by atoms with van der Waals surface area (Å²) < 4.78 is 6.65. The Balaban J connectivity index is 2.04. The largest absolute Gasteiger partial charge is 0.508 e. The number of phenolic OH excluding ortho intramolecular Hbond substituents is 1. The Labute approximate surface area is 157 Å². The van der Waals surface area contributed by atoms with Gasteiger partial charge in [-0.3, -0.25) is 14.2 Å². The van der Waals surface area contributed by atoms with Gasteiger partial charge in [0.05, 0.1) is 11.9 Å². The van der Waals surface area contributed by atoms with E-state index in [1.807, 2.05) is 0 Å². The molecule has 0 spiro atoms. The van der Waals surface area contributed by atoms with E-state index in [0.29, 0.717) is 16.9 Å². The quantitative estimate of drug-likeness (QED) is 0.543. The number of anilines is 2. The zero-order chi connectivity index (χ0) is 19.8. The number of nitrogens with one attached hydrogen (secondary N) is 1. The predicted octanol–water partition coefficient (Wildman–Crippen LogP) is 2.11. The van der Waals surface area contributed by atoms with E-state index in [4.69, 9.17) is 10.5 Å². The van der Waals surface area contributed by atoms with E-state index in [-0.39, 0.29) is 24.2 Å². The molecule has 8 heteroatoms. The van der Waals surface area contributed by atoms with Gasteiger partial charge in [0.2, 0.25) is 0 Å². The van der Waals surface area contributed by atoms with Gasteiger partial charge in [0.25, 0.3) is 5.56 Å². The minimum Gasteiger partial charge on any atom is -0.508 e. The molecule has 0 aliphatic heterocycles. The van der Waals surface area contributed by atoms with Gasteiger partial charge in [-0.2, -0.15) is 0 Å². The van der Waals surface area contributed by atoms with Crippen molar-refractivity contribution in [3.8, 4) is 17.0 Å². The molecule has 0 amide bonds. The predicted molar refractivity (Wildman–Crippen MR) is 102 cm³/mol. The molecule has 8 nitrogen and oxygen atoms in total. The number of carbonyl (C=O) groups excluding carboxylic acids is 1. The molecule has 0 saturated heterocycles. The summed E-state index contributed by atoms with van der Waals surface area (Å²) in [6, 6.07) is 4.71. The Bertz CT molecular complexity index is 906. The van der Waals surface area contributed by atoms with Crippen molar-refractivity contribution in [1.82, 2.24) is 9.55 Å². The molecular weight excluding hydrogens is 348 g/mol. The number of nitrogen functional groups attached to an aromatic ring is 1. The minimum absolute atomic E-state index is 0.0403. The van der Waals surface area contributed by atoms with Gasteiger partial charge in [-0.1, -0.05) is 0 Å². The molecule has 0 radical (unpaired) electrons. The van der Waals surface area contributed by atoms with E-state index in [1.165, 1.54) is 22.9 Å². The molecule has 1 aliphatic carbocycles. The van der Waals surface area contributed by atoms with Gasteiger partial charge in [-0.25, -0.2) is 4.98 Å². The zero-order valence-corrected chi connectivity index (χ0v) is 15.7. The van der Waals surface area contributed by atoms with Crippen LogP contribution in [0, 0.1) is 0 Å². The highest BCUT2D eigenvalue weighted by molar-refractivity contribution is 5.73. The second-order valence-corrected chi connectivity index (χ2v) is 7.70. The number of nitrogens with two attached hydrogens (primary N) is 1. The number of aromatic nitrogens is 2. The number of carbonyl (C=O) groups is 1. The Morgan fingerprint density at radius 1 is 1.37 bits per heavy atom. The second kappa shape index (κ2) is 6.94. The number of phenols is 1. The summed E-state index contributed by atoms with van der Waals surface area (Å²) in [6.07, 6.45) is 3.46. The van der Waals surface area contributed by atoms with Crippen LogP contribution in [0.3, 0.4) is 0 Å². The molecule has 1 aliphatic rings. The van der Waals surface area contributed by atoms with E-state index in [9.17, 15) is 14.7 Å². The number of benzene rings is 1. The molecular formula is C19H24N4O4. The molecule has 0 bridgehead atoms. The van der Waals surface area contributed by atoms with Crippen molar-refractivity contribution in [2.45, 2.75) is 51.8 Å². The van der Waals surface area contributed by atoms with Crippen LogP contribution in [0.15, 0.2) is 29.2 Å². The average Bonchev–Trinajstić information content (AvgIpc) is 3.32. The van der Waals surface area contributed by atoms with E-state index >= 15 is 0 Å². The van der Waals surface area contributed by atoms with Crippen molar-refractivity contribution in [1.29, 1.82) is 0 Å². The fraction of sp³-hybridized carbons (Fsp3) is 0.421. The number of hydrogen-bond donors (Lipinski definition) is 3. The van der Waals surface area contributed by atoms with Crippen LogP contribution < -0.4 is 16.6 Å². The van der Waals surface area contributed by atoms with Crippen LogP contribution in [0.2, 0.25) is 0 Å².